The molecule has 1 aromatic carbocycles. The molecular weight excluding hydrogens is 328 g/mol. The van der Waals surface area contributed by atoms with Crippen molar-refractivity contribution in [3.05, 3.63) is 50.2 Å². The zero-order chi connectivity index (χ0) is 15.6. The lowest BCUT2D eigenvalue weighted by Gasteiger charge is -2.05. The second kappa shape index (κ2) is 6.29. The molecule has 0 saturated heterocycles. The summed E-state index contributed by atoms with van der Waals surface area (Å²) in [4.78, 5) is 3.70. The molecule has 0 unspecified atom stereocenters. The van der Waals surface area contributed by atoms with Crippen molar-refractivity contribution < 1.29 is 17.6 Å². The van der Waals surface area contributed by atoms with Crippen LogP contribution in [0.4, 0.5) is 17.6 Å². The van der Waals surface area contributed by atoms with Gasteiger partial charge >= 0.3 is 6.18 Å². The van der Waals surface area contributed by atoms with E-state index in [9.17, 15) is 17.6 Å². The van der Waals surface area contributed by atoms with Gasteiger partial charge < -0.3 is 5.32 Å². The lowest BCUT2D eigenvalue weighted by atomic mass is 10.1. The summed E-state index contributed by atoms with van der Waals surface area (Å²) in [5, 5.41) is 2.81. The minimum absolute atomic E-state index is 0.0240. The summed E-state index contributed by atoms with van der Waals surface area (Å²) in [6.45, 7) is 0.0601. The lowest BCUT2D eigenvalue weighted by Crippen LogP contribution is -2.12. The highest BCUT2D eigenvalue weighted by atomic mass is 35.5. The number of aromatic nitrogens is 1. The largest absolute Gasteiger partial charge is 0.434 e. The fourth-order valence-electron chi connectivity index (χ4n) is 1.83. The van der Waals surface area contributed by atoms with E-state index in [1.165, 1.54) is 12.1 Å². The summed E-state index contributed by atoms with van der Waals surface area (Å²) in [6, 6.07) is 4.41. The van der Waals surface area contributed by atoms with Crippen molar-refractivity contribution in [1.29, 1.82) is 0 Å². The summed E-state index contributed by atoms with van der Waals surface area (Å²) in [5.41, 5.74) is -0.694. The fraction of sp³-hybridized carbons (Fsp3) is 0.308. The monoisotopic (exact) mass is 338 g/mol. The topological polar surface area (TPSA) is 24.9 Å². The van der Waals surface area contributed by atoms with Gasteiger partial charge in [0.1, 0.15) is 5.82 Å². The van der Waals surface area contributed by atoms with Crippen LogP contribution in [0.1, 0.15) is 21.1 Å². The van der Waals surface area contributed by atoms with Gasteiger partial charge in [-0.2, -0.15) is 13.2 Å². The molecule has 2 nitrogen and oxygen atoms in total. The molecular formula is C13H11ClF4N2S. The Kier molecular flexibility index (Phi) is 4.85. The van der Waals surface area contributed by atoms with Crippen molar-refractivity contribution >= 4 is 22.9 Å². The van der Waals surface area contributed by atoms with Crippen molar-refractivity contribution in [1.82, 2.24) is 10.3 Å². The van der Waals surface area contributed by atoms with Gasteiger partial charge in [-0.05, 0) is 18.7 Å². The van der Waals surface area contributed by atoms with Gasteiger partial charge in [0.15, 0.2) is 5.69 Å². The molecule has 0 fully saturated rings. The van der Waals surface area contributed by atoms with E-state index in [0.29, 0.717) is 0 Å². The molecule has 0 aliphatic heterocycles. The van der Waals surface area contributed by atoms with Gasteiger partial charge in [0.25, 0.3) is 0 Å². The molecule has 1 N–H and O–H groups in total. The van der Waals surface area contributed by atoms with Crippen molar-refractivity contribution in [3.63, 3.8) is 0 Å². The maximum absolute atomic E-state index is 13.8. The summed E-state index contributed by atoms with van der Waals surface area (Å²) in [5.74, 6) is -0.627. The fourth-order valence-corrected chi connectivity index (χ4v) is 3.14. The SMILES string of the molecule is CNCc1sc(Cc2cccc(Cl)c2F)nc1C(F)(F)F. The Balaban J connectivity index is 2.35. The third-order valence-electron chi connectivity index (χ3n) is 2.72. The molecule has 2 aromatic rings. The standard InChI is InChI=1S/C13H11ClF4N2S/c1-19-6-9-12(13(16,17)18)20-10(21-9)5-7-3-2-4-8(14)11(7)15/h2-4,19H,5-6H2,1H3. The van der Waals surface area contributed by atoms with Crippen molar-refractivity contribution in [2.75, 3.05) is 7.05 Å². The van der Waals surface area contributed by atoms with Gasteiger partial charge in [-0.25, -0.2) is 9.37 Å². The molecule has 1 aromatic heterocycles. The van der Waals surface area contributed by atoms with Gasteiger partial charge in [0.05, 0.1) is 14.9 Å². The van der Waals surface area contributed by atoms with E-state index in [2.05, 4.69) is 10.3 Å². The van der Waals surface area contributed by atoms with Crippen LogP contribution in [0.15, 0.2) is 18.2 Å². The highest BCUT2D eigenvalue weighted by molar-refractivity contribution is 7.11. The third kappa shape index (κ3) is 3.72. The smallest absolute Gasteiger partial charge is 0.315 e. The number of nitrogens with one attached hydrogen (secondary N) is 1. The van der Waals surface area contributed by atoms with E-state index in [0.717, 1.165) is 11.3 Å². The maximum atomic E-state index is 13.8. The zero-order valence-corrected chi connectivity index (χ0v) is 12.5. The van der Waals surface area contributed by atoms with Gasteiger partial charge in [-0.15, -0.1) is 11.3 Å². The normalized spacial score (nSPS) is 11.9. The molecule has 114 valence electrons. The molecule has 0 amide bonds. The first kappa shape index (κ1) is 16.2. The third-order valence-corrected chi connectivity index (χ3v) is 4.07. The summed E-state index contributed by atoms with van der Waals surface area (Å²) in [6.07, 6.45) is -4.54. The van der Waals surface area contributed by atoms with Crippen LogP contribution in [0.25, 0.3) is 0 Å². The summed E-state index contributed by atoms with van der Waals surface area (Å²) < 4.78 is 52.5. The molecule has 8 heteroatoms. The Hall–Kier alpha value is -1.18. The van der Waals surface area contributed by atoms with Crippen molar-refractivity contribution in [2.45, 2.75) is 19.1 Å². The van der Waals surface area contributed by atoms with Crippen molar-refractivity contribution in [3.8, 4) is 0 Å². The van der Waals surface area contributed by atoms with Gasteiger partial charge in [0.2, 0.25) is 0 Å². The molecule has 0 radical (unpaired) electrons. The highest BCUT2D eigenvalue weighted by Gasteiger charge is 2.37. The molecule has 21 heavy (non-hydrogen) atoms. The number of rotatable bonds is 4. The minimum atomic E-state index is -4.52. The summed E-state index contributed by atoms with van der Waals surface area (Å²) in [7, 11) is 1.55. The van der Waals surface area contributed by atoms with Crippen LogP contribution >= 0.6 is 22.9 Å². The maximum Gasteiger partial charge on any atom is 0.434 e. The quantitative estimate of drug-likeness (QED) is 0.842. The Morgan fingerprint density at radius 2 is 2.05 bits per heavy atom. The number of hydrogen-bond acceptors (Lipinski definition) is 3. The Labute approximate surface area is 127 Å². The summed E-state index contributed by atoms with van der Waals surface area (Å²) >= 11 is 6.57. The average Bonchev–Trinajstić information content (AvgIpc) is 2.78. The molecule has 0 saturated carbocycles. The molecule has 0 atom stereocenters. The number of thiazole rings is 1. The van der Waals surface area contributed by atoms with Crippen LogP contribution in [0.2, 0.25) is 5.02 Å². The molecule has 2 rings (SSSR count). The minimum Gasteiger partial charge on any atom is -0.315 e. The Morgan fingerprint density at radius 1 is 1.33 bits per heavy atom. The van der Waals surface area contributed by atoms with E-state index in [4.69, 9.17) is 11.6 Å². The second-order valence-electron chi connectivity index (χ2n) is 4.30. The van der Waals surface area contributed by atoms with Crippen molar-refractivity contribution in [2.24, 2.45) is 0 Å². The van der Waals surface area contributed by atoms with Crippen LogP contribution < -0.4 is 5.32 Å². The Morgan fingerprint density at radius 3 is 2.67 bits per heavy atom. The van der Waals surface area contributed by atoms with E-state index < -0.39 is 17.7 Å². The second-order valence-corrected chi connectivity index (χ2v) is 5.87. The average molecular weight is 339 g/mol. The first-order valence-corrected chi connectivity index (χ1v) is 7.15. The van der Waals surface area contributed by atoms with Crippen LogP contribution in [-0.2, 0) is 19.1 Å². The van der Waals surface area contributed by atoms with E-state index in [-0.39, 0.29) is 33.4 Å². The number of hydrogen-bond donors (Lipinski definition) is 1. The number of halogens is 5. The van der Waals surface area contributed by atoms with Gasteiger partial charge in [-0.3, -0.25) is 0 Å². The predicted molar refractivity (Wildman–Crippen MR) is 74.1 cm³/mol. The van der Waals surface area contributed by atoms with Crippen LogP contribution in [-0.4, -0.2) is 12.0 Å². The first-order chi connectivity index (χ1) is 9.82. The number of benzene rings is 1. The van der Waals surface area contributed by atoms with Crippen LogP contribution in [0, 0.1) is 5.82 Å². The van der Waals surface area contributed by atoms with E-state index >= 15 is 0 Å². The number of nitrogens with zero attached hydrogens (tertiary/aromatic N) is 1. The first-order valence-electron chi connectivity index (χ1n) is 5.96. The highest BCUT2D eigenvalue weighted by Crippen LogP contribution is 2.35. The van der Waals surface area contributed by atoms with E-state index in [1.807, 2.05) is 0 Å². The Bertz CT molecular complexity index is 640. The molecule has 0 bridgehead atoms. The van der Waals surface area contributed by atoms with Crippen LogP contribution in [0.5, 0.6) is 0 Å². The lowest BCUT2D eigenvalue weighted by molar-refractivity contribution is -0.141. The van der Waals surface area contributed by atoms with Gasteiger partial charge in [-0.1, -0.05) is 23.7 Å². The molecule has 0 aliphatic carbocycles. The number of alkyl halides is 3. The zero-order valence-electron chi connectivity index (χ0n) is 10.9. The predicted octanol–water partition coefficient (Wildman–Crippen LogP) is 4.26. The molecule has 0 spiro atoms. The van der Waals surface area contributed by atoms with E-state index in [1.54, 1.807) is 13.1 Å². The molecule has 0 aliphatic rings. The molecule has 1 heterocycles. The van der Waals surface area contributed by atoms with Gasteiger partial charge in [0, 0.05) is 13.0 Å². The van der Waals surface area contributed by atoms with Crippen LogP contribution in [0.3, 0.4) is 0 Å².